The van der Waals surface area contributed by atoms with Gasteiger partial charge in [0.15, 0.2) is 0 Å². The molecule has 5 heteroatoms. The van der Waals surface area contributed by atoms with E-state index in [9.17, 15) is 4.79 Å². The Morgan fingerprint density at radius 2 is 2.21 bits per heavy atom. The van der Waals surface area contributed by atoms with Gasteiger partial charge in [-0.25, -0.2) is 0 Å². The molecule has 1 rings (SSSR count). The Bertz CT molecular complexity index is 491. The zero-order valence-electron chi connectivity index (χ0n) is 11.6. The van der Waals surface area contributed by atoms with Crippen LogP contribution in [0.4, 0.5) is 11.4 Å². The Kier molecular flexibility index (Phi) is 5.19. The highest BCUT2D eigenvalue weighted by Crippen LogP contribution is 2.22. The van der Waals surface area contributed by atoms with Crippen LogP contribution in [0.25, 0.3) is 0 Å². The molecule has 0 fully saturated rings. The first-order valence-electron chi connectivity index (χ1n) is 6.31. The Morgan fingerprint density at radius 3 is 2.74 bits per heavy atom. The van der Waals surface area contributed by atoms with Crippen LogP contribution in [0.5, 0.6) is 0 Å². The second-order valence-corrected chi connectivity index (χ2v) is 4.62. The Hall–Kier alpha value is -2.22. The summed E-state index contributed by atoms with van der Waals surface area (Å²) in [7, 11) is 0. The van der Waals surface area contributed by atoms with Crippen LogP contribution in [-0.4, -0.2) is 25.0 Å². The number of nitriles is 1. The highest BCUT2D eigenvalue weighted by Gasteiger charge is 2.14. The van der Waals surface area contributed by atoms with E-state index >= 15 is 0 Å². The SMILES string of the molecule is CCN(CC(=O)NC(C)C)c1ccc(N)cc1C#N. The van der Waals surface area contributed by atoms with E-state index in [-0.39, 0.29) is 18.5 Å². The molecule has 0 saturated carbocycles. The van der Waals surface area contributed by atoms with E-state index in [0.29, 0.717) is 17.8 Å². The molecule has 0 aliphatic heterocycles. The molecule has 1 aromatic rings. The van der Waals surface area contributed by atoms with Crippen molar-refractivity contribution in [2.24, 2.45) is 0 Å². The van der Waals surface area contributed by atoms with Gasteiger partial charge < -0.3 is 16.0 Å². The van der Waals surface area contributed by atoms with E-state index in [1.807, 2.05) is 25.7 Å². The Labute approximate surface area is 114 Å². The van der Waals surface area contributed by atoms with E-state index in [2.05, 4.69) is 11.4 Å². The van der Waals surface area contributed by atoms with Gasteiger partial charge in [-0.2, -0.15) is 5.26 Å². The Balaban J connectivity index is 2.92. The van der Waals surface area contributed by atoms with Crippen molar-refractivity contribution in [2.75, 3.05) is 23.7 Å². The molecule has 0 bridgehead atoms. The average molecular weight is 260 g/mol. The van der Waals surface area contributed by atoms with E-state index in [1.54, 1.807) is 18.2 Å². The molecule has 0 atom stereocenters. The number of nitrogens with two attached hydrogens (primary N) is 1. The molecular formula is C14H20N4O. The fourth-order valence-electron chi connectivity index (χ4n) is 1.83. The molecule has 19 heavy (non-hydrogen) atoms. The smallest absolute Gasteiger partial charge is 0.239 e. The lowest BCUT2D eigenvalue weighted by atomic mass is 10.1. The minimum Gasteiger partial charge on any atom is -0.399 e. The molecule has 0 aliphatic carbocycles. The zero-order chi connectivity index (χ0) is 14.4. The molecule has 1 amide bonds. The summed E-state index contributed by atoms with van der Waals surface area (Å²) in [5.74, 6) is -0.0578. The summed E-state index contributed by atoms with van der Waals surface area (Å²) in [4.78, 5) is 13.7. The fraction of sp³-hybridized carbons (Fsp3) is 0.429. The number of likely N-dealkylation sites (N-methyl/N-ethyl adjacent to an activating group) is 1. The first kappa shape index (κ1) is 14.8. The number of hydrogen-bond acceptors (Lipinski definition) is 4. The number of nitrogen functional groups attached to an aromatic ring is 1. The lowest BCUT2D eigenvalue weighted by molar-refractivity contribution is -0.120. The predicted octanol–water partition coefficient (Wildman–Crippen LogP) is 1.49. The number of carbonyl (C=O) groups is 1. The number of nitrogens with zero attached hydrogens (tertiary/aromatic N) is 2. The molecule has 0 aliphatic rings. The van der Waals surface area contributed by atoms with Gasteiger partial charge >= 0.3 is 0 Å². The Morgan fingerprint density at radius 1 is 1.53 bits per heavy atom. The lowest BCUT2D eigenvalue weighted by Crippen LogP contribution is -2.40. The van der Waals surface area contributed by atoms with Gasteiger partial charge in [0.2, 0.25) is 5.91 Å². The standard InChI is InChI=1S/C14H20N4O/c1-4-18(9-14(19)17-10(2)3)13-6-5-12(16)7-11(13)8-15/h5-7,10H,4,9,16H2,1-3H3,(H,17,19). The van der Waals surface area contributed by atoms with Crippen molar-refractivity contribution >= 4 is 17.3 Å². The summed E-state index contributed by atoms with van der Waals surface area (Å²) in [5.41, 5.74) is 7.43. The second-order valence-electron chi connectivity index (χ2n) is 4.62. The van der Waals surface area contributed by atoms with Crippen molar-refractivity contribution in [3.8, 4) is 6.07 Å². The number of amides is 1. The van der Waals surface area contributed by atoms with Crippen LogP contribution in [0, 0.1) is 11.3 Å². The average Bonchev–Trinajstić information content (AvgIpc) is 2.35. The topological polar surface area (TPSA) is 82.2 Å². The van der Waals surface area contributed by atoms with E-state index in [0.717, 1.165) is 5.69 Å². The van der Waals surface area contributed by atoms with Crippen LogP contribution in [-0.2, 0) is 4.79 Å². The van der Waals surface area contributed by atoms with Crippen molar-refractivity contribution in [3.05, 3.63) is 23.8 Å². The number of benzene rings is 1. The molecule has 0 heterocycles. The third kappa shape index (κ3) is 4.18. The van der Waals surface area contributed by atoms with Gasteiger partial charge in [0.25, 0.3) is 0 Å². The first-order valence-corrected chi connectivity index (χ1v) is 6.31. The van der Waals surface area contributed by atoms with Crippen LogP contribution in [0.1, 0.15) is 26.3 Å². The number of carbonyl (C=O) groups excluding carboxylic acids is 1. The summed E-state index contributed by atoms with van der Waals surface area (Å²) in [6.07, 6.45) is 0. The van der Waals surface area contributed by atoms with Gasteiger partial charge in [-0.3, -0.25) is 4.79 Å². The normalized spacial score (nSPS) is 10.1. The van der Waals surface area contributed by atoms with Crippen LogP contribution >= 0.6 is 0 Å². The van der Waals surface area contributed by atoms with Gasteiger partial charge in [0.1, 0.15) is 6.07 Å². The largest absolute Gasteiger partial charge is 0.399 e. The molecule has 3 N–H and O–H groups in total. The van der Waals surface area contributed by atoms with Gasteiger partial charge in [-0.05, 0) is 39.0 Å². The highest BCUT2D eigenvalue weighted by atomic mass is 16.2. The third-order valence-electron chi connectivity index (χ3n) is 2.65. The molecule has 0 unspecified atom stereocenters. The highest BCUT2D eigenvalue weighted by molar-refractivity contribution is 5.82. The molecule has 5 nitrogen and oxygen atoms in total. The minimum absolute atomic E-state index is 0.0578. The van der Waals surface area contributed by atoms with Crippen molar-refractivity contribution in [1.82, 2.24) is 5.32 Å². The van der Waals surface area contributed by atoms with E-state index in [1.165, 1.54) is 0 Å². The molecule has 0 saturated heterocycles. The molecule has 102 valence electrons. The van der Waals surface area contributed by atoms with Crippen LogP contribution in [0.15, 0.2) is 18.2 Å². The summed E-state index contributed by atoms with van der Waals surface area (Å²) in [6, 6.07) is 7.35. The number of hydrogen-bond donors (Lipinski definition) is 2. The maximum Gasteiger partial charge on any atom is 0.239 e. The fourth-order valence-corrected chi connectivity index (χ4v) is 1.83. The van der Waals surface area contributed by atoms with Crippen molar-refractivity contribution in [3.63, 3.8) is 0 Å². The predicted molar refractivity (Wildman–Crippen MR) is 76.7 cm³/mol. The summed E-state index contributed by atoms with van der Waals surface area (Å²) < 4.78 is 0. The summed E-state index contributed by atoms with van der Waals surface area (Å²) in [5, 5.41) is 12.0. The summed E-state index contributed by atoms with van der Waals surface area (Å²) in [6.45, 7) is 6.65. The van der Waals surface area contributed by atoms with Gasteiger partial charge in [-0.1, -0.05) is 0 Å². The molecular weight excluding hydrogens is 240 g/mol. The molecule has 0 aromatic heterocycles. The van der Waals surface area contributed by atoms with Crippen LogP contribution in [0.3, 0.4) is 0 Å². The van der Waals surface area contributed by atoms with Gasteiger partial charge in [0.05, 0.1) is 17.8 Å². The first-order chi connectivity index (χ1) is 8.97. The van der Waals surface area contributed by atoms with E-state index in [4.69, 9.17) is 11.0 Å². The third-order valence-corrected chi connectivity index (χ3v) is 2.65. The number of anilines is 2. The van der Waals surface area contributed by atoms with E-state index < -0.39 is 0 Å². The van der Waals surface area contributed by atoms with Crippen molar-refractivity contribution < 1.29 is 4.79 Å². The zero-order valence-corrected chi connectivity index (χ0v) is 11.6. The van der Waals surface area contributed by atoms with Crippen LogP contribution in [0.2, 0.25) is 0 Å². The van der Waals surface area contributed by atoms with Crippen LogP contribution < -0.4 is 16.0 Å². The molecule has 1 aromatic carbocycles. The lowest BCUT2D eigenvalue weighted by Gasteiger charge is -2.24. The second kappa shape index (κ2) is 6.64. The quantitative estimate of drug-likeness (QED) is 0.786. The van der Waals surface area contributed by atoms with Crippen molar-refractivity contribution in [1.29, 1.82) is 5.26 Å². The maximum atomic E-state index is 11.8. The number of nitrogens with one attached hydrogen (secondary N) is 1. The molecule has 0 spiro atoms. The summed E-state index contributed by atoms with van der Waals surface area (Å²) >= 11 is 0. The van der Waals surface area contributed by atoms with Crippen molar-refractivity contribution in [2.45, 2.75) is 26.8 Å². The minimum atomic E-state index is -0.0578. The molecule has 0 radical (unpaired) electrons. The van der Waals surface area contributed by atoms with Gasteiger partial charge in [-0.15, -0.1) is 0 Å². The monoisotopic (exact) mass is 260 g/mol. The maximum absolute atomic E-state index is 11.8. The number of rotatable bonds is 5. The van der Waals surface area contributed by atoms with Gasteiger partial charge in [0, 0.05) is 18.3 Å².